The molecule has 1 heteroatoms. The standard InChI is InChI=1S/C8H15N/c9-8-5-4-6-2-1-3-7(6)8/h6-8H,1-5,9H2/t6-,7+,8-/m0/s1. The molecule has 2 aliphatic rings. The number of rotatable bonds is 0. The smallest absolute Gasteiger partial charge is 0.00699 e. The summed E-state index contributed by atoms with van der Waals surface area (Å²) < 4.78 is 0. The molecule has 1 nitrogen and oxygen atoms in total. The predicted molar refractivity (Wildman–Crippen MR) is 38.0 cm³/mol. The Balaban J connectivity index is 2.07. The van der Waals surface area contributed by atoms with Crippen molar-refractivity contribution in [2.24, 2.45) is 17.6 Å². The van der Waals surface area contributed by atoms with Crippen molar-refractivity contribution < 1.29 is 0 Å². The molecule has 2 fully saturated rings. The molecule has 2 aliphatic carbocycles. The van der Waals surface area contributed by atoms with Gasteiger partial charge in [0, 0.05) is 6.04 Å². The van der Waals surface area contributed by atoms with E-state index >= 15 is 0 Å². The molecule has 0 radical (unpaired) electrons. The Morgan fingerprint density at radius 2 is 1.89 bits per heavy atom. The third-order valence-electron chi connectivity index (χ3n) is 3.14. The van der Waals surface area contributed by atoms with E-state index in [0.717, 1.165) is 11.8 Å². The van der Waals surface area contributed by atoms with Gasteiger partial charge in [0.15, 0.2) is 0 Å². The van der Waals surface area contributed by atoms with Crippen LogP contribution in [0.2, 0.25) is 0 Å². The lowest BCUT2D eigenvalue weighted by atomic mass is 9.98. The normalized spacial score (nSPS) is 49.7. The number of fused-ring (bicyclic) bond motifs is 1. The van der Waals surface area contributed by atoms with E-state index in [1.165, 1.54) is 32.1 Å². The molecule has 0 unspecified atom stereocenters. The van der Waals surface area contributed by atoms with Crippen LogP contribution in [-0.4, -0.2) is 6.04 Å². The van der Waals surface area contributed by atoms with Gasteiger partial charge in [0.05, 0.1) is 0 Å². The average molecular weight is 125 g/mol. The van der Waals surface area contributed by atoms with Crippen LogP contribution in [0.25, 0.3) is 0 Å². The van der Waals surface area contributed by atoms with Gasteiger partial charge in [0.25, 0.3) is 0 Å². The SMILES string of the molecule is N[C@H]1CC[C@@H]2CCC[C@H]21. The molecule has 0 amide bonds. The van der Waals surface area contributed by atoms with Gasteiger partial charge in [-0.3, -0.25) is 0 Å². The third-order valence-corrected chi connectivity index (χ3v) is 3.14. The molecule has 52 valence electrons. The molecule has 0 saturated heterocycles. The van der Waals surface area contributed by atoms with Crippen LogP contribution in [-0.2, 0) is 0 Å². The van der Waals surface area contributed by atoms with Gasteiger partial charge >= 0.3 is 0 Å². The first-order valence-electron chi connectivity index (χ1n) is 4.13. The summed E-state index contributed by atoms with van der Waals surface area (Å²) in [6, 6.07) is 0.567. The second kappa shape index (κ2) is 1.98. The van der Waals surface area contributed by atoms with Gasteiger partial charge in [0.1, 0.15) is 0 Å². The average Bonchev–Trinajstić information content (AvgIpc) is 2.35. The summed E-state index contributed by atoms with van der Waals surface area (Å²) in [7, 11) is 0. The molecule has 0 spiro atoms. The number of hydrogen-bond acceptors (Lipinski definition) is 1. The molecule has 3 atom stereocenters. The van der Waals surface area contributed by atoms with Gasteiger partial charge < -0.3 is 5.73 Å². The lowest BCUT2D eigenvalue weighted by Gasteiger charge is -2.11. The Morgan fingerprint density at radius 1 is 1.00 bits per heavy atom. The first kappa shape index (κ1) is 5.72. The van der Waals surface area contributed by atoms with E-state index in [0.29, 0.717) is 6.04 Å². The molecule has 0 aromatic carbocycles. The number of nitrogens with two attached hydrogens (primary N) is 1. The highest BCUT2D eigenvalue weighted by Crippen LogP contribution is 2.42. The van der Waals surface area contributed by atoms with E-state index in [1.54, 1.807) is 0 Å². The number of hydrogen-bond donors (Lipinski definition) is 1. The Labute approximate surface area is 56.6 Å². The highest BCUT2D eigenvalue weighted by molar-refractivity contribution is 4.91. The van der Waals surface area contributed by atoms with Gasteiger partial charge in [-0.2, -0.15) is 0 Å². The van der Waals surface area contributed by atoms with Crippen LogP contribution in [0.3, 0.4) is 0 Å². The maximum atomic E-state index is 5.92. The Bertz CT molecular complexity index is 111. The van der Waals surface area contributed by atoms with Crippen molar-refractivity contribution in [3.63, 3.8) is 0 Å². The van der Waals surface area contributed by atoms with Crippen molar-refractivity contribution in [3.8, 4) is 0 Å². The monoisotopic (exact) mass is 125 g/mol. The van der Waals surface area contributed by atoms with E-state index < -0.39 is 0 Å². The van der Waals surface area contributed by atoms with E-state index in [9.17, 15) is 0 Å². The maximum absolute atomic E-state index is 5.92. The fraction of sp³-hybridized carbons (Fsp3) is 1.00. The summed E-state index contributed by atoms with van der Waals surface area (Å²) in [6.07, 6.45) is 7.06. The highest BCUT2D eigenvalue weighted by Gasteiger charge is 2.36. The van der Waals surface area contributed by atoms with E-state index in [1.807, 2.05) is 0 Å². The lowest BCUT2D eigenvalue weighted by molar-refractivity contribution is 0.421. The van der Waals surface area contributed by atoms with Crippen LogP contribution < -0.4 is 5.73 Å². The summed E-state index contributed by atoms with van der Waals surface area (Å²) in [5.74, 6) is 1.95. The molecule has 9 heavy (non-hydrogen) atoms. The van der Waals surface area contributed by atoms with E-state index in [-0.39, 0.29) is 0 Å². The largest absolute Gasteiger partial charge is 0.327 e. The summed E-state index contributed by atoms with van der Waals surface area (Å²) >= 11 is 0. The fourth-order valence-corrected chi connectivity index (χ4v) is 2.61. The molecule has 0 aliphatic heterocycles. The molecule has 0 bridgehead atoms. The molecule has 0 heterocycles. The minimum Gasteiger partial charge on any atom is -0.327 e. The van der Waals surface area contributed by atoms with Crippen molar-refractivity contribution in [2.75, 3.05) is 0 Å². The van der Waals surface area contributed by atoms with Crippen LogP contribution in [0.4, 0.5) is 0 Å². The van der Waals surface area contributed by atoms with Gasteiger partial charge in [-0.1, -0.05) is 12.8 Å². The molecule has 2 saturated carbocycles. The van der Waals surface area contributed by atoms with Crippen molar-refractivity contribution in [2.45, 2.75) is 38.1 Å². The molecular weight excluding hydrogens is 110 g/mol. The lowest BCUT2D eigenvalue weighted by Crippen LogP contribution is -2.24. The van der Waals surface area contributed by atoms with E-state index in [2.05, 4.69) is 0 Å². The Hall–Kier alpha value is -0.0400. The molecular formula is C8H15N. The molecule has 0 aromatic rings. The van der Waals surface area contributed by atoms with Crippen molar-refractivity contribution >= 4 is 0 Å². The summed E-state index contributed by atoms with van der Waals surface area (Å²) in [5, 5.41) is 0. The Morgan fingerprint density at radius 3 is 2.67 bits per heavy atom. The van der Waals surface area contributed by atoms with Crippen molar-refractivity contribution in [1.82, 2.24) is 0 Å². The molecule has 2 N–H and O–H groups in total. The summed E-state index contributed by atoms with van der Waals surface area (Å²) in [5.41, 5.74) is 5.92. The fourth-order valence-electron chi connectivity index (χ4n) is 2.61. The zero-order valence-corrected chi connectivity index (χ0v) is 5.84. The van der Waals surface area contributed by atoms with Crippen LogP contribution in [0.1, 0.15) is 32.1 Å². The third kappa shape index (κ3) is 0.787. The predicted octanol–water partition coefficient (Wildman–Crippen LogP) is 1.52. The first-order valence-corrected chi connectivity index (χ1v) is 4.13. The van der Waals surface area contributed by atoms with Crippen molar-refractivity contribution in [1.29, 1.82) is 0 Å². The molecule has 2 rings (SSSR count). The van der Waals surface area contributed by atoms with Crippen LogP contribution in [0.5, 0.6) is 0 Å². The van der Waals surface area contributed by atoms with E-state index in [4.69, 9.17) is 5.73 Å². The summed E-state index contributed by atoms with van der Waals surface area (Å²) in [6.45, 7) is 0. The highest BCUT2D eigenvalue weighted by atomic mass is 14.7. The second-order valence-electron chi connectivity index (χ2n) is 3.60. The van der Waals surface area contributed by atoms with Gasteiger partial charge in [0.2, 0.25) is 0 Å². The first-order chi connectivity index (χ1) is 4.38. The topological polar surface area (TPSA) is 26.0 Å². The zero-order valence-electron chi connectivity index (χ0n) is 5.84. The quantitative estimate of drug-likeness (QED) is 0.522. The molecule has 0 aromatic heterocycles. The minimum absolute atomic E-state index is 0.567. The summed E-state index contributed by atoms with van der Waals surface area (Å²) in [4.78, 5) is 0. The van der Waals surface area contributed by atoms with Crippen LogP contribution in [0.15, 0.2) is 0 Å². The minimum atomic E-state index is 0.567. The van der Waals surface area contributed by atoms with Crippen molar-refractivity contribution in [3.05, 3.63) is 0 Å². The van der Waals surface area contributed by atoms with Gasteiger partial charge in [-0.25, -0.2) is 0 Å². The Kier molecular flexibility index (Phi) is 1.26. The maximum Gasteiger partial charge on any atom is 0.00699 e. The van der Waals surface area contributed by atoms with Crippen LogP contribution >= 0.6 is 0 Å². The zero-order chi connectivity index (χ0) is 6.27. The van der Waals surface area contributed by atoms with Crippen LogP contribution in [0, 0.1) is 11.8 Å². The second-order valence-corrected chi connectivity index (χ2v) is 3.60. The van der Waals surface area contributed by atoms with Gasteiger partial charge in [-0.05, 0) is 31.1 Å². The van der Waals surface area contributed by atoms with Gasteiger partial charge in [-0.15, -0.1) is 0 Å².